The minimum atomic E-state index is 0.0339. The molecule has 0 bridgehead atoms. The average Bonchev–Trinajstić information content (AvgIpc) is 3.05. The molecule has 0 aromatic carbocycles. The molecular weight excluding hydrogens is 376 g/mol. The molecule has 2 aromatic heterocycles. The van der Waals surface area contributed by atoms with Crippen LogP contribution >= 0.6 is 11.3 Å². The Kier molecular flexibility index (Phi) is 4.88. The second-order valence-corrected chi connectivity index (χ2v) is 11.3. The third-order valence-corrected chi connectivity index (χ3v) is 8.70. The van der Waals surface area contributed by atoms with Crippen LogP contribution in [0.25, 0.3) is 0 Å². The zero-order chi connectivity index (χ0) is 20.1. The number of rotatable bonds is 6. The first-order valence-electron chi connectivity index (χ1n) is 11.3. The van der Waals surface area contributed by atoms with Gasteiger partial charge in [-0.2, -0.15) is 0 Å². The van der Waals surface area contributed by atoms with Crippen LogP contribution in [-0.2, 0) is 16.7 Å². The van der Waals surface area contributed by atoms with Gasteiger partial charge in [-0.15, -0.1) is 11.3 Å². The average molecular weight is 411 g/mol. The number of hydrogen-bond donors (Lipinski definition) is 0. The van der Waals surface area contributed by atoms with Crippen LogP contribution in [0.3, 0.4) is 0 Å². The Morgan fingerprint density at radius 2 is 2.03 bits per heavy atom. The van der Waals surface area contributed by atoms with Crippen LogP contribution in [0, 0.1) is 12.3 Å². The zero-order valence-electron chi connectivity index (χ0n) is 18.1. The van der Waals surface area contributed by atoms with E-state index in [9.17, 15) is 0 Å². The minimum absolute atomic E-state index is 0.0339. The van der Waals surface area contributed by atoms with Crippen molar-refractivity contribution in [1.82, 2.24) is 9.88 Å². The Morgan fingerprint density at radius 1 is 1.17 bits per heavy atom. The summed E-state index contributed by atoms with van der Waals surface area (Å²) < 4.78 is 6.67. The molecule has 2 saturated heterocycles. The molecule has 1 aliphatic carbocycles. The van der Waals surface area contributed by atoms with Crippen molar-refractivity contribution in [3.8, 4) is 0 Å². The van der Waals surface area contributed by atoms with Crippen LogP contribution in [0.4, 0.5) is 0 Å². The van der Waals surface area contributed by atoms with E-state index >= 15 is 0 Å². The summed E-state index contributed by atoms with van der Waals surface area (Å²) in [4.78, 5) is 8.92. The van der Waals surface area contributed by atoms with Gasteiger partial charge in [0.1, 0.15) is 0 Å². The second kappa shape index (κ2) is 7.18. The number of pyridine rings is 1. The fraction of sp³-hybridized carbons (Fsp3) is 0.640. The fourth-order valence-corrected chi connectivity index (χ4v) is 6.49. The second-order valence-electron chi connectivity index (χ2n) is 10.2. The van der Waals surface area contributed by atoms with Gasteiger partial charge in [-0.25, -0.2) is 0 Å². The molecular formula is C25H34N2OS. The predicted octanol–water partition coefficient (Wildman–Crippen LogP) is 5.72. The van der Waals surface area contributed by atoms with Gasteiger partial charge >= 0.3 is 0 Å². The Bertz CT molecular complexity index is 840. The summed E-state index contributed by atoms with van der Waals surface area (Å²) in [7, 11) is 0. The molecule has 0 N–H and O–H groups in total. The van der Waals surface area contributed by atoms with Crippen molar-refractivity contribution in [2.45, 2.75) is 83.0 Å². The van der Waals surface area contributed by atoms with E-state index in [0.717, 1.165) is 5.69 Å². The van der Waals surface area contributed by atoms with Crippen LogP contribution in [-0.4, -0.2) is 34.7 Å². The monoisotopic (exact) mass is 410 g/mol. The van der Waals surface area contributed by atoms with Gasteiger partial charge in [0.2, 0.25) is 0 Å². The van der Waals surface area contributed by atoms with Crippen molar-refractivity contribution < 1.29 is 4.74 Å². The van der Waals surface area contributed by atoms with Crippen molar-refractivity contribution in [2.24, 2.45) is 5.41 Å². The Labute approximate surface area is 179 Å². The Morgan fingerprint density at radius 3 is 2.66 bits per heavy atom. The maximum atomic E-state index is 6.67. The normalized spacial score (nSPS) is 30.7. The van der Waals surface area contributed by atoms with Crippen LogP contribution in [0.2, 0.25) is 0 Å². The van der Waals surface area contributed by atoms with Gasteiger partial charge < -0.3 is 4.74 Å². The van der Waals surface area contributed by atoms with Crippen molar-refractivity contribution in [3.05, 3.63) is 52.0 Å². The van der Waals surface area contributed by atoms with E-state index in [2.05, 4.69) is 66.5 Å². The number of aromatic nitrogens is 1. The molecule has 2 atom stereocenters. The first-order chi connectivity index (χ1) is 13.9. The highest BCUT2D eigenvalue weighted by atomic mass is 32.1. The summed E-state index contributed by atoms with van der Waals surface area (Å²) in [5.74, 6) is 0. The number of thiophene rings is 1. The quantitative estimate of drug-likeness (QED) is 0.609. The molecule has 1 saturated carbocycles. The van der Waals surface area contributed by atoms with E-state index in [4.69, 9.17) is 4.74 Å². The van der Waals surface area contributed by atoms with Crippen LogP contribution < -0.4 is 0 Å². The van der Waals surface area contributed by atoms with Crippen molar-refractivity contribution >= 4 is 11.3 Å². The predicted molar refractivity (Wildman–Crippen MR) is 119 cm³/mol. The van der Waals surface area contributed by atoms with Crippen molar-refractivity contribution in [1.29, 1.82) is 0 Å². The molecule has 156 valence electrons. The molecule has 3 nitrogen and oxygen atoms in total. The van der Waals surface area contributed by atoms with Crippen molar-refractivity contribution in [3.63, 3.8) is 0 Å². The van der Waals surface area contributed by atoms with Gasteiger partial charge in [0.15, 0.2) is 0 Å². The molecule has 0 spiro atoms. The Balaban J connectivity index is 1.38. The highest BCUT2D eigenvalue weighted by molar-refractivity contribution is 7.09. The summed E-state index contributed by atoms with van der Waals surface area (Å²) >= 11 is 1.90. The molecule has 4 heterocycles. The fourth-order valence-electron chi connectivity index (χ4n) is 5.78. The van der Waals surface area contributed by atoms with Gasteiger partial charge in [-0.1, -0.05) is 12.1 Å². The Hall–Kier alpha value is -1.23. The number of ether oxygens (including phenoxy) is 1. The summed E-state index contributed by atoms with van der Waals surface area (Å²) in [5, 5.41) is 2.21. The van der Waals surface area contributed by atoms with Crippen LogP contribution in [0.1, 0.15) is 68.5 Å². The van der Waals surface area contributed by atoms with Gasteiger partial charge in [0.25, 0.3) is 0 Å². The molecule has 2 aliphatic heterocycles. The van der Waals surface area contributed by atoms with Crippen LogP contribution in [0.5, 0.6) is 0 Å². The number of hydrogen-bond acceptors (Lipinski definition) is 4. The lowest BCUT2D eigenvalue weighted by Crippen LogP contribution is -2.42. The lowest BCUT2D eigenvalue weighted by atomic mass is 9.75. The summed E-state index contributed by atoms with van der Waals surface area (Å²) in [6, 6.07) is 8.98. The van der Waals surface area contributed by atoms with Gasteiger partial charge in [0.05, 0.1) is 11.7 Å². The molecule has 3 fully saturated rings. The van der Waals surface area contributed by atoms with Crippen LogP contribution in [0.15, 0.2) is 35.8 Å². The molecule has 1 unspecified atom stereocenters. The number of nitrogens with zero attached hydrogens (tertiary/aromatic N) is 2. The van der Waals surface area contributed by atoms with E-state index < -0.39 is 0 Å². The molecule has 0 radical (unpaired) electrons. The standard InChI is InChI=1S/C25H34N2OS/c1-19-6-7-20(17-26-19)25(12-13-25)27-15-14-24(18-27,11-8-21-5-4-16-29-21)22-9-10-23(2,3)28-22/h4-7,16-17,22H,8-15,18H2,1-3H3/t22?,24-/m0/s1. The molecule has 29 heavy (non-hydrogen) atoms. The highest BCUT2D eigenvalue weighted by Gasteiger charge is 2.57. The summed E-state index contributed by atoms with van der Waals surface area (Å²) in [6.07, 6.45) is 11.2. The van der Waals surface area contributed by atoms with E-state index in [1.807, 2.05) is 11.3 Å². The minimum Gasteiger partial charge on any atom is -0.372 e. The molecule has 3 aliphatic rings. The third kappa shape index (κ3) is 3.68. The van der Waals surface area contributed by atoms with E-state index in [0.29, 0.717) is 6.10 Å². The summed E-state index contributed by atoms with van der Waals surface area (Å²) in [5.41, 5.74) is 3.08. The molecule has 0 amide bonds. The highest BCUT2D eigenvalue weighted by Crippen LogP contribution is 2.56. The largest absolute Gasteiger partial charge is 0.372 e. The zero-order valence-corrected chi connectivity index (χ0v) is 18.9. The number of likely N-dealkylation sites (tertiary alicyclic amines) is 1. The maximum absolute atomic E-state index is 6.67. The van der Waals surface area contributed by atoms with Gasteiger partial charge in [-0.3, -0.25) is 9.88 Å². The van der Waals surface area contributed by atoms with E-state index in [-0.39, 0.29) is 16.6 Å². The number of aryl methyl sites for hydroxylation is 2. The molecule has 5 rings (SSSR count). The van der Waals surface area contributed by atoms with Gasteiger partial charge in [-0.05, 0) is 95.3 Å². The smallest absolute Gasteiger partial charge is 0.0652 e. The topological polar surface area (TPSA) is 25.4 Å². The van der Waals surface area contributed by atoms with Crippen molar-refractivity contribution in [2.75, 3.05) is 13.1 Å². The maximum Gasteiger partial charge on any atom is 0.0652 e. The van der Waals surface area contributed by atoms with Gasteiger partial charge in [0, 0.05) is 34.3 Å². The molecule has 4 heteroatoms. The lowest BCUT2D eigenvalue weighted by Gasteiger charge is -2.38. The first-order valence-corrected chi connectivity index (χ1v) is 12.2. The van der Waals surface area contributed by atoms with E-state index in [1.165, 1.54) is 68.5 Å². The SMILES string of the molecule is Cc1ccc(C2(N3CC[C@](CCc4cccs4)(C4CCC(C)(C)O4)C3)CC2)cn1. The summed E-state index contributed by atoms with van der Waals surface area (Å²) in [6.45, 7) is 8.99. The molecule has 2 aromatic rings. The lowest BCUT2D eigenvalue weighted by molar-refractivity contribution is -0.0777. The van der Waals surface area contributed by atoms with E-state index in [1.54, 1.807) is 0 Å². The first kappa shape index (κ1) is 19.7. The third-order valence-electron chi connectivity index (χ3n) is 7.77.